The van der Waals surface area contributed by atoms with E-state index < -0.39 is 23.6 Å². The van der Waals surface area contributed by atoms with Crippen LogP contribution in [0.4, 0.5) is 17.6 Å². The second kappa shape index (κ2) is 4.65. The summed E-state index contributed by atoms with van der Waals surface area (Å²) in [6, 6.07) is 2.17. The van der Waals surface area contributed by atoms with Gasteiger partial charge in [0, 0.05) is 6.04 Å². The zero-order valence-corrected chi connectivity index (χ0v) is 8.39. The van der Waals surface area contributed by atoms with Crippen LogP contribution in [0.15, 0.2) is 30.9 Å². The van der Waals surface area contributed by atoms with Gasteiger partial charge in [0.05, 0.1) is 5.56 Å². The molecule has 0 amide bonds. The Balaban J connectivity index is 3.12. The average Bonchev–Trinajstić information content (AvgIpc) is 2.16. The molecule has 0 spiro atoms. The van der Waals surface area contributed by atoms with Gasteiger partial charge in [-0.05, 0) is 24.1 Å². The molecule has 0 aliphatic rings. The summed E-state index contributed by atoms with van der Waals surface area (Å²) in [5.41, 5.74) is 4.56. The average molecular weight is 233 g/mol. The topological polar surface area (TPSA) is 26.0 Å². The first-order valence-electron chi connectivity index (χ1n) is 4.59. The van der Waals surface area contributed by atoms with Crippen molar-refractivity contribution < 1.29 is 17.6 Å². The van der Waals surface area contributed by atoms with Gasteiger partial charge in [0.2, 0.25) is 0 Å². The van der Waals surface area contributed by atoms with Gasteiger partial charge in [0.1, 0.15) is 5.82 Å². The Bertz CT molecular complexity index is 384. The molecule has 0 aliphatic heterocycles. The van der Waals surface area contributed by atoms with E-state index in [-0.39, 0.29) is 5.56 Å². The van der Waals surface area contributed by atoms with Crippen molar-refractivity contribution in [3.63, 3.8) is 0 Å². The molecule has 0 saturated heterocycles. The van der Waals surface area contributed by atoms with Crippen LogP contribution in [0.25, 0.3) is 0 Å². The SMILES string of the molecule is C=CCC(N)c1ccc(F)c(C(F)(F)F)c1. The lowest BCUT2D eigenvalue weighted by Gasteiger charge is -2.13. The molecule has 0 bridgehead atoms. The van der Waals surface area contributed by atoms with Gasteiger partial charge in [-0.1, -0.05) is 12.1 Å². The van der Waals surface area contributed by atoms with E-state index >= 15 is 0 Å². The zero-order valence-electron chi connectivity index (χ0n) is 8.39. The molecule has 0 radical (unpaired) electrons. The maximum Gasteiger partial charge on any atom is 0.419 e. The molecule has 0 aromatic heterocycles. The highest BCUT2D eigenvalue weighted by atomic mass is 19.4. The molecule has 16 heavy (non-hydrogen) atoms. The van der Waals surface area contributed by atoms with E-state index in [0.717, 1.165) is 12.1 Å². The second-order valence-electron chi connectivity index (χ2n) is 3.37. The fraction of sp³-hybridized carbons (Fsp3) is 0.273. The van der Waals surface area contributed by atoms with Gasteiger partial charge in [-0.2, -0.15) is 13.2 Å². The van der Waals surface area contributed by atoms with Gasteiger partial charge >= 0.3 is 6.18 Å². The lowest BCUT2D eigenvalue weighted by Crippen LogP contribution is -2.13. The molecule has 1 nitrogen and oxygen atoms in total. The standard InChI is InChI=1S/C11H11F4N/c1-2-3-10(16)7-4-5-9(12)8(6-7)11(13,14)15/h2,4-6,10H,1,3,16H2. The molecule has 1 atom stereocenters. The Hall–Kier alpha value is -1.36. The first-order chi connectivity index (χ1) is 7.36. The zero-order chi connectivity index (χ0) is 12.3. The van der Waals surface area contributed by atoms with Crippen molar-refractivity contribution in [1.82, 2.24) is 0 Å². The highest BCUT2D eigenvalue weighted by Crippen LogP contribution is 2.33. The maximum atomic E-state index is 12.9. The van der Waals surface area contributed by atoms with E-state index in [2.05, 4.69) is 6.58 Å². The van der Waals surface area contributed by atoms with Gasteiger partial charge in [-0.15, -0.1) is 6.58 Å². The van der Waals surface area contributed by atoms with E-state index in [9.17, 15) is 17.6 Å². The van der Waals surface area contributed by atoms with Gasteiger partial charge in [0.15, 0.2) is 0 Å². The lowest BCUT2D eigenvalue weighted by molar-refractivity contribution is -0.140. The third-order valence-electron chi connectivity index (χ3n) is 2.14. The normalized spacial score (nSPS) is 13.6. The predicted molar refractivity (Wildman–Crippen MR) is 53.1 cm³/mol. The van der Waals surface area contributed by atoms with E-state index in [0.29, 0.717) is 6.42 Å². The largest absolute Gasteiger partial charge is 0.419 e. The number of alkyl halides is 3. The minimum absolute atomic E-state index is 0.244. The fourth-order valence-electron chi connectivity index (χ4n) is 1.31. The Morgan fingerprint density at radius 3 is 2.50 bits per heavy atom. The third-order valence-corrected chi connectivity index (χ3v) is 2.14. The fourth-order valence-corrected chi connectivity index (χ4v) is 1.31. The monoisotopic (exact) mass is 233 g/mol. The van der Waals surface area contributed by atoms with Gasteiger partial charge < -0.3 is 5.73 Å². The van der Waals surface area contributed by atoms with Crippen LogP contribution in [-0.2, 0) is 6.18 Å². The smallest absolute Gasteiger partial charge is 0.324 e. The Morgan fingerprint density at radius 1 is 1.38 bits per heavy atom. The van der Waals surface area contributed by atoms with Crippen LogP contribution in [0.1, 0.15) is 23.6 Å². The molecule has 1 rings (SSSR count). The molecule has 1 aromatic carbocycles. The number of nitrogens with two attached hydrogens (primary N) is 1. The number of benzene rings is 1. The maximum absolute atomic E-state index is 12.9. The summed E-state index contributed by atoms with van der Waals surface area (Å²) in [4.78, 5) is 0. The van der Waals surface area contributed by atoms with Crippen molar-refractivity contribution in [2.24, 2.45) is 5.73 Å². The molecule has 88 valence electrons. The Labute approximate surface area is 90.6 Å². The van der Waals surface area contributed by atoms with Crippen molar-refractivity contribution >= 4 is 0 Å². The number of halogens is 4. The highest BCUT2D eigenvalue weighted by Gasteiger charge is 2.34. The predicted octanol–water partition coefficient (Wildman–Crippen LogP) is 3.42. The number of hydrogen-bond donors (Lipinski definition) is 1. The number of rotatable bonds is 3. The van der Waals surface area contributed by atoms with Crippen LogP contribution in [0.2, 0.25) is 0 Å². The molecular formula is C11H11F4N. The minimum atomic E-state index is -4.70. The van der Waals surface area contributed by atoms with Crippen LogP contribution < -0.4 is 5.73 Å². The first kappa shape index (κ1) is 12.7. The van der Waals surface area contributed by atoms with Gasteiger partial charge in [0.25, 0.3) is 0 Å². The van der Waals surface area contributed by atoms with Crippen LogP contribution >= 0.6 is 0 Å². The van der Waals surface area contributed by atoms with Crippen molar-refractivity contribution in [2.75, 3.05) is 0 Å². The summed E-state index contributed by atoms with van der Waals surface area (Å²) in [6.07, 6.45) is -2.86. The summed E-state index contributed by atoms with van der Waals surface area (Å²) in [5, 5.41) is 0. The molecule has 1 aromatic rings. The van der Waals surface area contributed by atoms with Crippen LogP contribution in [0, 0.1) is 5.82 Å². The molecule has 5 heteroatoms. The molecule has 0 heterocycles. The summed E-state index contributed by atoms with van der Waals surface area (Å²) < 4.78 is 50.1. The molecule has 0 fully saturated rings. The highest BCUT2D eigenvalue weighted by molar-refractivity contribution is 5.29. The van der Waals surface area contributed by atoms with Crippen molar-refractivity contribution in [2.45, 2.75) is 18.6 Å². The molecule has 2 N–H and O–H groups in total. The van der Waals surface area contributed by atoms with Crippen molar-refractivity contribution in [3.8, 4) is 0 Å². The summed E-state index contributed by atoms with van der Waals surface area (Å²) in [5.74, 6) is -1.29. The van der Waals surface area contributed by atoms with Crippen molar-refractivity contribution in [3.05, 3.63) is 47.8 Å². The van der Waals surface area contributed by atoms with E-state index in [1.165, 1.54) is 12.1 Å². The molecular weight excluding hydrogens is 222 g/mol. The van der Waals surface area contributed by atoms with Crippen LogP contribution in [0.3, 0.4) is 0 Å². The van der Waals surface area contributed by atoms with Gasteiger partial charge in [-0.25, -0.2) is 4.39 Å². The number of hydrogen-bond acceptors (Lipinski definition) is 1. The van der Waals surface area contributed by atoms with Crippen molar-refractivity contribution in [1.29, 1.82) is 0 Å². The summed E-state index contributed by atoms with van der Waals surface area (Å²) >= 11 is 0. The van der Waals surface area contributed by atoms with E-state index in [1.54, 1.807) is 0 Å². The van der Waals surface area contributed by atoms with E-state index in [4.69, 9.17) is 5.73 Å². The van der Waals surface area contributed by atoms with E-state index in [1.807, 2.05) is 0 Å². The molecule has 0 aliphatic carbocycles. The lowest BCUT2D eigenvalue weighted by atomic mass is 10.0. The van der Waals surface area contributed by atoms with Crippen LogP contribution in [0.5, 0.6) is 0 Å². The molecule has 1 unspecified atom stereocenters. The third kappa shape index (κ3) is 2.82. The Morgan fingerprint density at radius 2 is 2.00 bits per heavy atom. The first-order valence-corrected chi connectivity index (χ1v) is 4.59. The van der Waals surface area contributed by atoms with Gasteiger partial charge in [-0.3, -0.25) is 0 Å². The minimum Gasteiger partial charge on any atom is -0.324 e. The molecule has 0 saturated carbocycles. The quantitative estimate of drug-likeness (QED) is 0.628. The Kier molecular flexibility index (Phi) is 3.70. The summed E-state index contributed by atoms with van der Waals surface area (Å²) in [7, 11) is 0. The second-order valence-corrected chi connectivity index (χ2v) is 3.37. The summed E-state index contributed by atoms with van der Waals surface area (Å²) in [6.45, 7) is 3.44. The van der Waals surface area contributed by atoms with Crippen LogP contribution in [-0.4, -0.2) is 0 Å².